The van der Waals surface area contributed by atoms with E-state index in [-0.39, 0.29) is 5.91 Å². The molecule has 4 nitrogen and oxygen atoms in total. The lowest BCUT2D eigenvalue weighted by Crippen LogP contribution is -2.25. The Balaban J connectivity index is 1.33. The number of H-pyrrole nitrogens is 1. The molecular weight excluding hydrogens is 300 g/mol. The second-order valence-corrected chi connectivity index (χ2v) is 7.18. The Labute approximate surface area is 143 Å². The topological polar surface area (TPSA) is 54.1 Å². The van der Waals surface area contributed by atoms with Crippen molar-refractivity contribution in [3.05, 3.63) is 35.0 Å². The normalized spacial score (nSPS) is 17.0. The average molecular weight is 326 g/mol. The SMILES string of the molecule is O=C(NCCCOCC1CC1)c1ccc2[nH]c3c(c2c1)CCCC3. The van der Waals surface area contributed by atoms with Crippen LogP contribution in [0, 0.1) is 5.92 Å². The van der Waals surface area contributed by atoms with Crippen molar-refractivity contribution in [3.8, 4) is 0 Å². The summed E-state index contributed by atoms with van der Waals surface area (Å²) < 4.78 is 5.60. The minimum Gasteiger partial charge on any atom is -0.381 e. The molecule has 2 N–H and O–H groups in total. The Hall–Kier alpha value is -1.81. The highest BCUT2D eigenvalue weighted by Gasteiger charge is 2.21. The van der Waals surface area contributed by atoms with Gasteiger partial charge in [-0.2, -0.15) is 0 Å². The molecule has 0 aliphatic heterocycles. The van der Waals surface area contributed by atoms with Crippen LogP contribution in [-0.2, 0) is 17.6 Å². The molecule has 1 saturated carbocycles. The maximum atomic E-state index is 12.4. The van der Waals surface area contributed by atoms with E-state index in [1.807, 2.05) is 12.1 Å². The second kappa shape index (κ2) is 6.98. The van der Waals surface area contributed by atoms with Crippen molar-refractivity contribution in [2.75, 3.05) is 19.8 Å². The van der Waals surface area contributed by atoms with Crippen LogP contribution in [0.1, 0.15) is 53.7 Å². The minimum absolute atomic E-state index is 0.0184. The fourth-order valence-corrected chi connectivity index (χ4v) is 3.56. The third-order valence-corrected chi connectivity index (χ3v) is 5.16. The van der Waals surface area contributed by atoms with E-state index in [2.05, 4.69) is 16.4 Å². The number of aromatic amines is 1. The Kier molecular flexibility index (Phi) is 4.56. The van der Waals surface area contributed by atoms with Gasteiger partial charge in [-0.15, -0.1) is 0 Å². The number of aryl methyl sites for hydroxylation is 2. The Morgan fingerprint density at radius 2 is 2.12 bits per heavy atom. The Bertz CT molecular complexity index is 731. The van der Waals surface area contributed by atoms with Gasteiger partial charge in [0.25, 0.3) is 5.91 Å². The zero-order valence-corrected chi connectivity index (χ0v) is 14.2. The van der Waals surface area contributed by atoms with Crippen LogP contribution in [0.3, 0.4) is 0 Å². The molecule has 2 aliphatic rings. The quantitative estimate of drug-likeness (QED) is 0.764. The number of nitrogens with one attached hydrogen (secondary N) is 2. The number of carbonyl (C=O) groups is 1. The minimum atomic E-state index is 0.0184. The summed E-state index contributed by atoms with van der Waals surface area (Å²) in [5.74, 6) is 0.823. The van der Waals surface area contributed by atoms with Crippen LogP contribution in [0.25, 0.3) is 10.9 Å². The Morgan fingerprint density at radius 1 is 1.25 bits per heavy atom. The molecule has 1 aromatic carbocycles. The van der Waals surface area contributed by atoms with E-state index in [9.17, 15) is 4.79 Å². The van der Waals surface area contributed by atoms with Gasteiger partial charge in [-0.1, -0.05) is 0 Å². The molecule has 1 amide bonds. The van der Waals surface area contributed by atoms with Gasteiger partial charge < -0.3 is 15.0 Å². The zero-order chi connectivity index (χ0) is 16.4. The van der Waals surface area contributed by atoms with Gasteiger partial charge in [-0.05, 0) is 74.6 Å². The number of benzene rings is 1. The lowest BCUT2D eigenvalue weighted by Gasteiger charge is -2.10. The summed E-state index contributed by atoms with van der Waals surface area (Å²) in [7, 11) is 0. The van der Waals surface area contributed by atoms with Crippen LogP contribution < -0.4 is 5.32 Å². The summed E-state index contributed by atoms with van der Waals surface area (Å²) in [5.41, 5.74) is 4.70. The summed E-state index contributed by atoms with van der Waals surface area (Å²) in [6.45, 7) is 2.30. The summed E-state index contributed by atoms with van der Waals surface area (Å²) in [4.78, 5) is 15.9. The standard InChI is InChI=1S/C20H26N2O2/c23-20(21-10-3-11-24-13-14-6-7-14)15-8-9-19-17(12-15)16-4-1-2-5-18(16)22-19/h8-9,12,14,22H,1-7,10-11,13H2,(H,21,23). The van der Waals surface area contributed by atoms with Crippen LogP contribution in [0.4, 0.5) is 0 Å². The highest BCUT2D eigenvalue weighted by molar-refractivity contribution is 5.99. The molecule has 1 fully saturated rings. The molecule has 2 aromatic rings. The van der Waals surface area contributed by atoms with E-state index in [0.717, 1.165) is 49.5 Å². The summed E-state index contributed by atoms with van der Waals surface area (Å²) in [6, 6.07) is 6.01. The maximum Gasteiger partial charge on any atom is 0.251 e. The maximum absolute atomic E-state index is 12.4. The van der Waals surface area contributed by atoms with Crippen molar-refractivity contribution in [1.29, 1.82) is 0 Å². The Morgan fingerprint density at radius 3 is 3.00 bits per heavy atom. The van der Waals surface area contributed by atoms with E-state index < -0.39 is 0 Å². The molecule has 0 unspecified atom stereocenters. The molecule has 0 saturated heterocycles. The van der Waals surface area contributed by atoms with Gasteiger partial charge in [0.15, 0.2) is 0 Å². The predicted molar refractivity (Wildman–Crippen MR) is 95.4 cm³/mol. The van der Waals surface area contributed by atoms with Crippen LogP contribution in [0.2, 0.25) is 0 Å². The molecule has 1 heterocycles. The van der Waals surface area contributed by atoms with Crippen molar-refractivity contribution >= 4 is 16.8 Å². The molecule has 0 atom stereocenters. The van der Waals surface area contributed by atoms with Crippen molar-refractivity contribution in [1.82, 2.24) is 10.3 Å². The van der Waals surface area contributed by atoms with Gasteiger partial charge in [-0.25, -0.2) is 0 Å². The van der Waals surface area contributed by atoms with Gasteiger partial charge in [0.1, 0.15) is 0 Å². The third kappa shape index (κ3) is 3.48. The van der Waals surface area contributed by atoms with Crippen LogP contribution in [0.5, 0.6) is 0 Å². The van der Waals surface area contributed by atoms with E-state index in [1.54, 1.807) is 0 Å². The van der Waals surface area contributed by atoms with Crippen LogP contribution >= 0.6 is 0 Å². The van der Waals surface area contributed by atoms with Gasteiger partial charge in [0, 0.05) is 41.9 Å². The first kappa shape index (κ1) is 15.7. The summed E-state index contributed by atoms with van der Waals surface area (Å²) in [5, 5.41) is 4.24. The first-order valence-corrected chi connectivity index (χ1v) is 9.30. The molecule has 0 radical (unpaired) electrons. The number of ether oxygens (including phenoxy) is 1. The van der Waals surface area contributed by atoms with Gasteiger partial charge >= 0.3 is 0 Å². The number of hydrogen-bond donors (Lipinski definition) is 2. The fourth-order valence-electron chi connectivity index (χ4n) is 3.56. The molecule has 0 spiro atoms. The smallest absolute Gasteiger partial charge is 0.251 e. The summed E-state index contributed by atoms with van der Waals surface area (Å²) in [6.07, 6.45) is 8.28. The van der Waals surface area contributed by atoms with Crippen molar-refractivity contribution < 1.29 is 9.53 Å². The van der Waals surface area contributed by atoms with E-state index >= 15 is 0 Å². The highest BCUT2D eigenvalue weighted by Crippen LogP contribution is 2.30. The third-order valence-electron chi connectivity index (χ3n) is 5.16. The van der Waals surface area contributed by atoms with Gasteiger partial charge in [0.05, 0.1) is 0 Å². The molecule has 4 rings (SSSR count). The number of aromatic nitrogens is 1. The van der Waals surface area contributed by atoms with Crippen molar-refractivity contribution in [3.63, 3.8) is 0 Å². The largest absolute Gasteiger partial charge is 0.381 e. The zero-order valence-electron chi connectivity index (χ0n) is 14.2. The number of amides is 1. The average Bonchev–Trinajstić information content (AvgIpc) is 3.36. The van der Waals surface area contributed by atoms with Gasteiger partial charge in [-0.3, -0.25) is 4.79 Å². The van der Waals surface area contributed by atoms with Crippen LogP contribution in [-0.4, -0.2) is 30.6 Å². The number of fused-ring (bicyclic) bond motifs is 3. The highest BCUT2D eigenvalue weighted by atomic mass is 16.5. The molecule has 4 heteroatoms. The van der Waals surface area contributed by atoms with Crippen LogP contribution in [0.15, 0.2) is 18.2 Å². The lowest BCUT2D eigenvalue weighted by atomic mass is 9.95. The molecule has 2 aliphatic carbocycles. The predicted octanol–water partition coefficient (Wildman–Crippen LogP) is 3.59. The molecule has 128 valence electrons. The number of carbonyl (C=O) groups excluding carboxylic acids is 1. The van der Waals surface area contributed by atoms with E-state index in [1.165, 1.54) is 42.3 Å². The van der Waals surface area contributed by atoms with E-state index in [4.69, 9.17) is 4.74 Å². The molecule has 24 heavy (non-hydrogen) atoms. The second-order valence-electron chi connectivity index (χ2n) is 7.18. The molecule has 0 bridgehead atoms. The number of hydrogen-bond acceptors (Lipinski definition) is 2. The lowest BCUT2D eigenvalue weighted by molar-refractivity contribution is 0.0937. The first-order chi connectivity index (χ1) is 11.8. The van der Waals surface area contributed by atoms with Gasteiger partial charge in [0.2, 0.25) is 0 Å². The number of rotatable bonds is 7. The van der Waals surface area contributed by atoms with Crippen molar-refractivity contribution in [2.45, 2.75) is 44.9 Å². The summed E-state index contributed by atoms with van der Waals surface area (Å²) >= 11 is 0. The molecular formula is C20H26N2O2. The van der Waals surface area contributed by atoms with E-state index in [0.29, 0.717) is 6.54 Å². The fraction of sp³-hybridized carbons (Fsp3) is 0.550. The first-order valence-electron chi connectivity index (χ1n) is 9.30. The monoisotopic (exact) mass is 326 g/mol. The molecule has 1 aromatic heterocycles. The van der Waals surface area contributed by atoms with Crippen molar-refractivity contribution in [2.24, 2.45) is 5.92 Å².